The zero-order valence-corrected chi connectivity index (χ0v) is 7.53. The van der Waals surface area contributed by atoms with Gasteiger partial charge in [0.25, 0.3) is 0 Å². The molecule has 0 heterocycles. The summed E-state index contributed by atoms with van der Waals surface area (Å²) in [6.07, 6.45) is 1.25. The second kappa shape index (κ2) is 5.81. The lowest BCUT2D eigenvalue weighted by Crippen LogP contribution is -2.06. The molecule has 0 spiro atoms. The minimum atomic E-state index is -0.330. The molecule has 1 atom stereocenters. The molecule has 0 aliphatic rings. The van der Waals surface area contributed by atoms with Crippen LogP contribution in [0.1, 0.15) is 13.8 Å². The van der Waals surface area contributed by atoms with Crippen LogP contribution in [0.2, 0.25) is 0 Å². The van der Waals surface area contributed by atoms with Crippen molar-refractivity contribution in [3.8, 4) is 0 Å². The summed E-state index contributed by atoms with van der Waals surface area (Å²) in [4.78, 5) is 0. The number of thioether (sulfide) groups is 1. The fourth-order valence-corrected chi connectivity index (χ4v) is 1.48. The van der Waals surface area contributed by atoms with Crippen LogP contribution in [0.15, 0.2) is 12.7 Å². The molecule has 0 rings (SSSR count). The molecule has 0 amide bonds. The van der Waals surface area contributed by atoms with Crippen LogP contribution in [0.4, 0.5) is 0 Å². The molecule has 0 aromatic carbocycles. The molecule has 0 saturated carbocycles. The average Bonchev–Trinajstić information content (AvgIpc) is 1.87. The van der Waals surface area contributed by atoms with Gasteiger partial charge in [-0.3, -0.25) is 0 Å². The Labute approximate surface area is 67.5 Å². The first-order valence-electron chi connectivity index (χ1n) is 3.55. The Morgan fingerprint density at radius 3 is 2.50 bits per heavy atom. The maximum atomic E-state index is 9.03. The maximum absolute atomic E-state index is 9.03. The molecular formula is C8H16OS. The van der Waals surface area contributed by atoms with Gasteiger partial charge in [-0.2, -0.15) is 11.8 Å². The lowest BCUT2D eigenvalue weighted by atomic mass is 10.3. The van der Waals surface area contributed by atoms with Gasteiger partial charge in [-0.05, 0) is 11.7 Å². The quantitative estimate of drug-likeness (QED) is 0.620. The van der Waals surface area contributed by atoms with Crippen molar-refractivity contribution in [2.45, 2.75) is 20.0 Å². The fraction of sp³-hybridized carbons (Fsp3) is 0.750. The largest absolute Gasteiger partial charge is 0.388 e. The van der Waals surface area contributed by atoms with Crippen molar-refractivity contribution >= 4 is 11.8 Å². The zero-order chi connectivity index (χ0) is 7.98. The molecule has 0 radical (unpaired) electrons. The van der Waals surface area contributed by atoms with Gasteiger partial charge in [-0.15, -0.1) is 6.58 Å². The van der Waals surface area contributed by atoms with Crippen LogP contribution in [-0.2, 0) is 0 Å². The van der Waals surface area contributed by atoms with E-state index in [2.05, 4.69) is 20.4 Å². The standard InChI is InChI=1S/C8H16OS/c1-4-8(9)6-10-5-7(2)3/h4,7-9H,1,5-6H2,2-3H3. The minimum absolute atomic E-state index is 0.330. The SMILES string of the molecule is C=CC(O)CSCC(C)C. The van der Waals surface area contributed by atoms with Gasteiger partial charge < -0.3 is 5.11 Å². The first-order chi connectivity index (χ1) is 4.66. The highest BCUT2D eigenvalue weighted by Crippen LogP contribution is 2.08. The van der Waals surface area contributed by atoms with Crippen molar-refractivity contribution < 1.29 is 5.11 Å². The van der Waals surface area contributed by atoms with Crippen molar-refractivity contribution in [3.05, 3.63) is 12.7 Å². The maximum Gasteiger partial charge on any atom is 0.0808 e. The van der Waals surface area contributed by atoms with Gasteiger partial charge >= 0.3 is 0 Å². The highest BCUT2D eigenvalue weighted by Gasteiger charge is 1.98. The van der Waals surface area contributed by atoms with E-state index in [1.807, 2.05) is 0 Å². The molecule has 0 aliphatic heterocycles. The Morgan fingerprint density at radius 2 is 2.10 bits per heavy atom. The molecule has 60 valence electrons. The van der Waals surface area contributed by atoms with Crippen LogP contribution in [0.25, 0.3) is 0 Å². The third-order valence-electron chi connectivity index (χ3n) is 1.01. The molecule has 0 aliphatic carbocycles. The number of rotatable bonds is 5. The van der Waals surface area contributed by atoms with Crippen molar-refractivity contribution in [3.63, 3.8) is 0 Å². The molecule has 10 heavy (non-hydrogen) atoms. The summed E-state index contributed by atoms with van der Waals surface area (Å²) in [5, 5.41) is 9.03. The van der Waals surface area contributed by atoms with E-state index in [0.717, 1.165) is 11.5 Å². The number of aliphatic hydroxyl groups excluding tert-OH is 1. The molecule has 0 fully saturated rings. The summed E-state index contributed by atoms with van der Waals surface area (Å²) < 4.78 is 0. The van der Waals surface area contributed by atoms with Crippen LogP contribution in [0.5, 0.6) is 0 Å². The fourth-order valence-electron chi connectivity index (χ4n) is 0.493. The summed E-state index contributed by atoms with van der Waals surface area (Å²) in [7, 11) is 0. The van der Waals surface area contributed by atoms with E-state index < -0.39 is 0 Å². The van der Waals surface area contributed by atoms with Gasteiger partial charge in [0.05, 0.1) is 6.10 Å². The molecule has 1 unspecified atom stereocenters. The second-order valence-electron chi connectivity index (χ2n) is 2.73. The molecule has 0 aromatic rings. The molecular weight excluding hydrogens is 144 g/mol. The van der Waals surface area contributed by atoms with Crippen molar-refractivity contribution in [2.75, 3.05) is 11.5 Å². The highest BCUT2D eigenvalue weighted by atomic mass is 32.2. The zero-order valence-electron chi connectivity index (χ0n) is 6.71. The lowest BCUT2D eigenvalue weighted by molar-refractivity contribution is 0.249. The van der Waals surface area contributed by atoms with Gasteiger partial charge in [0.15, 0.2) is 0 Å². The second-order valence-corrected chi connectivity index (χ2v) is 3.81. The summed E-state index contributed by atoms with van der Waals surface area (Å²) in [5.74, 6) is 2.61. The predicted molar refractivity (Wildman–Crippen MR) is 48.4 cm³/mol. The third-order valence-corrected chi connectivity index (χ3v) is 2.49. The molecule has 1 N–H and O–H groups in total. The molecule has 1 nitrogen and oxygen atoms in total. The predicted octanol–water partition coefficient (Wildman–Crippen LogP) is 1.92. The van der Waals surface area contributed by atoms with Gasteiger partial charge in [-0.1, -0.05) is 19.9 Å². The van der Waals surface area contributed by atoms with Crippen LogP contribution in [0, 0.1) is 5.92 Å². The Kier molecular flexibility index (Phi) is 5.84. The third kappa shape index (κ3) is 6.17. The van der Waals surface area contributed by atoms with E-state index in [0.29, 0.717) is 5.92 Å². The van der Waals surface area contributed by atoms with Gasteiger partial charge in [0.2, 0.25) is 0 Å². The van der Waals surface area contributed by atoms with E-state index in [9.17, 15) is 0 Å². The molecule has 2 heteroatoms. The van der Waals surface area contributed by atoms with E-state index in [4.69, 9.17) is 5.11 Å². The van der Waals surface area contributed by atoms with Crippen LogP contribution in [0.3, 0.4) is 0 Å². The molecule has 0 bridgehead atoms. The summed E-state index contributed by atoms with van der Waals surface area (Å²) in [5.41, 5.74) is 0. The molecule has 0 aromatic heterocycles. The highest BCUT2D eigenvalue weighted by molar-refractivity contribution is 7.99. The average molecular weight is 160 g/mol. The van der Waals surface area contributed by atoms with Crippen LogP contribution in [-0.4, -0.2) is 22.7 Å². The van der Waals surface area contributed by atoms with Crippen molar-refractivity contribution in [2.24, 2.45) is 5.92 Å². The van der Waals surface area contributed by atoms with E-state index in [-0.39, 0.29) is 6.10 Å². The Bertz CT molecular complexity index is 91.3. The number of hydrogen-bond donors (Lipinski definition) is 1. The first-order valence-corrected chi connectivity index (χ1v) is 4.70. The smallest absolute Gasteiger partial charge is 0.0808 e. The number of hydrogen-bond acceptors (Lipinski definition) is 2. The summed E-state index contributed by atoms with van der Waals surface area (Å²) in [6.45, 7) is 7.84. The summed E-state index contributed by atoms with van der Waals surface area (Å²) >= 11 is 1.77. The van der Waals surface area contributed by atoms with E-state index in [1.54, 1.807) is 17.8 Å². The monoisotopic (exact) mass is 160 g/mol. The van der Waals surface area contributed by atoms with Crippen LogP contribution < -0.4 is 0 Å². The number of aliphatic hydroxyl groups is 1. The minimum Gasteiger partial charge on any atom is -0.388 e. The Hall–Kier alpha value is 0.0500. The lowest BCUT2D eigenvalue weighted by Gasteiger charge is -2.06. The topological polar surface area (TPSA) is 20.2 Å². The van der Waals surface area contributed by atoms with E-state index >= 15 is 0 Å². The summed E-state index contributed by atoms with van der Waals surface area (Å²) in [6, 6.07) is 0. The van der Waals surface area contributed by atoms with E-state index in [1.165, 1.54) is 0 Å². The first kappa shape index (κ1) is 10.0. The molecule has 0 saturated heterocycles. The van der Waals surface area contributed by atoms with Crippen LogP contribution >= 0.6 is 11.8 Å². The van der Waals surface area contributed by atoms with Gasteiger partial charge in [0, 0.05) is 5.75 Å². The van der Waals surface area contributed by atoms with Crippen molar-refractivity contribution in [1.82, 2.24) is 0 Å². The van der Waals surface area contributed by atoms with Gasteiger partial charge in [0.1, 0.15) is 0 Å². The van der Waals surface area contributed by atoms with Gasteiger partial charge in [-0.25, -0.2) is 0 Å². The van der Waals surface area contributed by atoms with Crippen molar-refractivity contribution in [1.29, 1.82) is 0 Å². The normalized spacial score (nSPS) is 13.6. The Morgan fingerprint density at radius 1 is 1.50 bits per heavy atom. The Balaban J connectivity index is 3.11.